The monoisotopic (exact) mass is 1130 g/mol. The second-order valence-corrected chi connectivity index (χ2v) is 24.2. The Morgan fingerprint density at radius 2 is 1.18 bits per heavy atom. The molecule has 0 saturated carbocycles. The molecule has 2 amide bonds. The molecule has 2 N–H and O–H groups in total. The fourth-order valence-corrected chi connectivity index (χ4v) is 11.6. The Hall–Kier alpha value is -3.64. The van der Waals surface area contributed by atoms with Crippen LogP contribution in [0.5, 0.6) is 5.75 Å². The third kappa shape index (κ3) is 39.4. The van der Waals surface area contributed by atoms with E-state index in [2.05, 4.69) is 83.3 Å². The van der Waals surface area contributed by atoms with E-state index in [4.69, 9.17) is 14.2 Å². The molecular formula is C68H110N4O5S2. The lowest BCUT2D eigenvalue weighted by molar-refractivity contribution is -0.180. The highest BCUT2D eigenvalue weighted by Crippen LogP contribution is 2.36. The second-order valence-electron chi connectivity index (χ2n) is 21.8. The Bertz CT molecular complexity index is 1870. The third-order valence-electron chi connectivity index (χ3n) is 14.6. The molecule has 1 aromatic carbocycles. The minimum absolute atomic E-state index is 0.0866. The van der Waals surface area contributed by atoms with E-state index in [0.717, 1.165) is 80.1 Å². The molecule has 1 saturated heterocycles. The van der Waals surface area contributed by atoms with Crippen LogP contribution in [0.1, 0.15) is 264 Å². The van der Waals surface area contributed by atoms with E-state index in [1.807, 2.05) is 49.4 Å². The van der Waals surface area contributed by atoms with Gasteiger partial charge in [-0.2, -0.15) is 5.10 Å². The number of rotatable bonds is 52. The number of hydrogen-bond donors (Lipinski definition) is 2. The molecule has 0 radical (unpaired) electrons. The summed E-state index contributed by atoms with van der Waals surface area (Å²) in [5.41, 5.74) is 4.27. The molecular weight excluding hydrogens is 1020 g/mol. The normalized spacial score (nSPS) is 14.7. The van der Waals surface area contributed by atoms with Gasteiger partial charge in [0, 0.05) is 44.2 Å². The van der Waals surface area contributed by atoms with E-state index >= 15 is 0 Å². The first-order valence-corrected chi connectivity index (χ1v) is 34.2. The number of benzene rings is 1. The first-order valence-electron chi connectivity index (χ1n) is 31.9. The molecule has 0 bridgehead atoms. The molecule has 2 aromatic rings. The van der Waals surface area contributed by atoms with Gasteiger partial charge in [0.1, 0.15) is 10.8 Å². The molecule has 1 unspecified atom stereocenters. The number of ether oxygens (including phenoxy) is 3. The van der Waals surface area contributed by atoms with E-state index in [-0.39, 0.29) is 23.7 Å². The van der Waals surface area contributed by atoms with Gasteiger partial charge >= 0.3 is 0 Å². The van der Waals surface area contributed by atoms with Crippen LogP contribution in [0.2, 0.25) is 0 Å². The maximum absolute atomic E-state index is 12.5. The fraction of sp³-hybridized carbons (Fsp3) is 0.676. The van der Waals surface area contributed by atoms with Crippen LogP contribution >= 0.6 is 21.6 Å². The van der Waals surface area contributed by atoms with E-state index in [0.29, 0.717) is 31.6 Å². The van der Waals surface area contributed by atoms with Crippen molar-refractivity contribution in [1.29, 1.82) is 0 Å². The lowest BCUT2D eigenvalue weighted by Gasteiger charge is -2.28. The summed E-state index contributed by atoms with van der Waals surface area (Å²) in [6.07, 6.45) is 64.3. The summed E-state index contributed by atoms with van der Waals surface area (Å²) >= 11 is 0. The number of pyridine rings is 1. The number of aromatic nitrogens is 1. The zero-order chi connectivity index (χ0) is 56.2. The summed E-state index contributed by atoms with van der Waals surface area (Å²) in [4.78, 5) is 29.0. The first-order chi connectivity index (χ1) is 38.9. The summed E-state index contributed by atoms with van der Waals surface area (Å²) in [5.74, 6) is 1.01. The van der Waals surface area contributed by atoms with Gasteiger partial charge in [-0.1, -0.05) is 195 Å². The molecule has 2 heterocycles. The van der Waals surface area contributed by atoms with Crippen molar-refractivity contribution >= 4 is 39.1 Å². The average molecular weight is 1130 g/mol. The number of carbonyl (C=O) groups is 2. The van der Waals surface area contributed by atoms with E-state index < -0.39 is 0 Å². The molecule has 444 valence electrons. The standard InChI is InChI=1S/C68H110N4O5S2/c1-4-6-8-10-12-14-16-18-20-22-24-26-28-32-36-41-54-68(55-42-37-33-29-27-25-23-21-19-17-15-13-11-9-7-5-2)76-60-64(77-68)46-39-35-31-30-34-38-43-56-69-65(73)47-45-58-75-63-51-49-62(50-52-63)61(3)71-72-66(74)53-59-78-79-67-48-40-44-57-70-67/h12-15,18-21,40,44,48-52,57,64H,4-11,16-17,22-39,41-43,45-47,53-56,58-60H2,1-3H3,(H,69,73)(H,72,74)/b14-12-,15-13-,20-18-,21-19-,71-61-. The summed E-state index contributed by atoms with van der Waals surface area (Å²) in [7, 11) is 3.16. The lowest BCUT2D eigenvalue weighted by atomic mass is 9.98. The van der Waals surface area contributed by atoms with Crippen molar-refractivity contribution < 1.29 is 23.8 Å². The average Bonchev–Trinajstić information content (AvgIpc) is 3.87. The van der Waals surface area contributed by atoms with Crippen LogP contribution < -0.4 is 15.5 Å². The van der Waals surface area contributed by atoms with Gasteiger partial charge in [-0.15, -0.1) is 0 Å². The molecule has 0 spiro atoms. The fourth-order valence-electron chi connectivity index (χ4n) is 9.72. The van der Waals surface area contributed by atoms with Crippen LogP contribution in [0.3, 0.4) is 0 Å². The van der Waals surface area contributed by atoms with Gasteiger partial charge in [0.25, 0.3) is 0 Å². The largest absolute Gasteiger partial charge is 0.494 e. The maximum Gasteiger partial charge on any atom is 0.240 e. The Kier molecular flexibility index (Phi) is 44.2. The highest BCUT2D eigenvalue weighted by atomic mass is 33.1. The molecule has 9 nitrogen and oxygen atoms in total. The quantitative estimate of drug-likeness (QED) is 0.0222. The third-order valence-corrected chi connectivity index (χ3v) is 16.9. The number of allylic oxidation sites excluding steroid dienone is 8. The van der Waals surface area contributed by atoms with Crippen molar-refractivity contribution in [2.45, 2.75) is 275 Å². The summed E-state index contributed by atoms with van der Waals surface area (Å²) in [6, 6.07) is 13.4. The van der Waals surface area contributed by atoms with E-state index in [1.165, 1.54) is 173 Å². The number of amides is 2. The number of hydrazone groups is 1. The van der Waals surface area contributed by atoms with E-state index in [1.54, 1.807) is 27.8 Å². The van der Waals surface area contributed by atoms with Crippen molar-refractivity contribution in [3.8, 4) is 5.75 Å². The van der Waals surface area contributed by atoms with Crippen LogP contribution in [0.4, 0.5) is 0 Å². The molecule has 1 aromatic heterocycles. The van der Waals surface area contributed by atoms with E-state index in [9.17, 15) is 9.59 Å². The number of nitrogens with zero attached hydrogens (tertiary/aromatic N) is 2. The Balaban J connectivity index is 1.20. The zero-order valence-electron chi connectivity index (χ0n) is 50.1. The molecule has 1 atom stereocenters. The molecule has 0 aliphatic carbocycles. The van der Waals surface area contributed by atoms with Crippen LogP contribution in [-0.4, -0.2) is 59.9 Å². The number of unbranched alkanes of at least 4 members (excludes halogenated alkanes) is 24. The molecule has 1 fully saturated rings. The number of nitrogens with one attached hydrogen (secondary N) is 2. The van der Waals surface area contributed by atoms with Gasteiger partial charge < -0.3 is 19.5 Å². The highest BCUT2D eigenvalue weighted by molar-refractivity contribution is 8.76. The Morgan fingerprint density at radius 1 is 0.633 bits per heavy atom. The summed E-state index contributed by atoms with van der Waals surface area (Å²) in [5, 5.41) is 8.29. The molecule has 11 heteroatoms. The van der Waals surface area contributed by atoms with Crippen molar-refractivity contribution in [2.24, 2.45) is 5.10 Å². The van der Waals surface area contributed by atoms with Crippen molar-refractivity contribution in [3.63, 3.8) is 0 Å². The zero-order valence-corrected chi connectivity index (χ0v) is 51.7. The van der Waals surface area contributed by atoms with Gasteiger partial charge in [0.2, 0.25) is 11.8 Å². The van der Waals surface area contributed by atoms with Gasteiger partial charge in [0.05, 0.1) is 25.0 Å². The minimum atomic E-state index is -0.369. The summed E-state index contributed by atoms with van der Waals surface area (Å²) < 4.78 is 19.4. The lowest BCUT2D eigenvalue weighted by Crippen LogP contribution is -2.31. The minimum Gasteiger partial charge on any atom is -0.494 e. The predicted molar refractivity (Wildman–Crippen MR) is 340 cm³/mol. The topological polar surface area (TPSA) is 111 Å². The molecule has 1 aliphatic rings. The number of hydrogen-bond acceptors (Lipinski definition) is 9. The van der Waals surface area contributed by atoms with Gasteiger partial charge in [-0.05, 0) is 156 Å². The predicted octanol–water partition coefficient (Wildman–Crippen LogP) is 19.7. The Morgan fingerprint density at radius 3 is 1.75 bits per heavy atom. The van der Waals surface area contributed by atoms with Crippen LogP contribution in [-0.2, 0) is 19.1 Å². The maximum atomic E-state index is 12.5. The van der Waals surface area contributed by atoms with Crippen molar-refractivity contribution in [3.05, 3.63) is 103 Å². The highest BCUT2D eigenvalue weighted by Gasteiger charge is 2.40. The van der Waals surface area contributed by atoms with Crippen LogP contribution in [0.25, 0.3) is 0 Å². The van der Waals surface area contributed by atoms with Crippen molar-refractivity contribution in [1.82, 2.24) is 15.7 Å². The molecule has 79 heavy (non-hydrogen) atoms. The Labute approximate surface area is 490 Å². The first kappa shape index (κ1) is 69.6. The van der Waals surface area contributed by atoms with Crippen LogP contribution in [0, 0.1) is 0 Å². The van der Waals surface area contributed by atoms with Gasteiger partial charge in [-0.3, -0.25) is 9.59 Å². The summed E-state index contributed by atoms with van der Waals surface area (Å²) in [6.45, 7) is 8.37. The SMILES string of the molecule is CCCCC/C=C\C/C=C\CCCCCCCCC1(CCCCCCCC/C=C\C/C=C\CCCCC)OCC(CCCCCCCCCNC(=O)CCCOc2ccc(/C(C)=N\NC(=O)CCSSc3ccccn3)cc2)O1. The van der Waals surface area contributed by atoms with Gasteiger partial charge in [-0.25, -0.2) is 10.4 Å². The van der Waals surface area contributed by atoms with Crippen LogP contribution in [0.15, 0.2) is 107 Å². The number of carbonyl (C=O) groups excluding carboxylic acids is 2. The van der Waals surface area contributed by atoms with Gasteiger partial charge in [0.15, 0.2) is 5.79 Å². The smallest absolute Gasteiger partial charge is 0.240 e. The van der Waals surface area contributed by atoms with Crippen molar-refractivity contribution in [2.75, 3.05) is 25.5 Å². The second kappa shape index (κ2) is 50.1. The molecule has 1 aliphatic heterocycles. The molecule has 3 rings (SSSR count).